The van der Waals surface area contributed by atoms with Gasteiger partial charge in [0.2, 0.25) is 5.95 Å². The van der Waals surface area contributed by atoms with Crippen molar-refractivity contribution >= 4 is 29.1 Å². The third-order valence-corrected chi connectivity index (χ3v) is 4.54. The highest BCUT2D eigenvalue weighted by atomic mass is 35.5. The Morgan fingerprint density at radius 2 is 1.96 bits per heavy atom. The SMILES string of the molecule is Cc1c(Cl)cccc1-c1cc(NCCc2cccc([N+](=O)[O-])c2)nc(N)n1. The molecule has 2 aromatic carbocycles. The number of non-ortho nitro benzene ring substituents is 1. The molecule has 7 nitrogen and oxygen atoms in total. The molecule has 3 aromatic rings. The smallest absolute Gasteiger partial charge is 0.269 e. The lowest BCUT2D eigenvalue weighted by Gasteiger charge is -2.11. The number of hydrogen-bond acceptors (Lipinski definition) is 6. The summed E-state index contributed by atoms with van der Waals surface area (Å²) in [6, 6.07) is 14.0. The van der Waals surface area contributed by atoms with Gasteiger partial charge in [-0.15, -0.1) is 0 Å². The van der Waals surface area contributed by atoms with Crippen molar-refractivity contribution in [2.24, 2.45) is 0 Å². The number of hydrogen-bond donors (Lipinski definition) is 2. The van der Waals surface area contributed by atoms with E-state index < -0.39 is 4.92 Å². The Bertz CT molecular complexity index is 994. The van der Waals surface area contributed by atoms with Crippen LogP contribution in [0.4, 0.5) is 17.5 Å². The molecule has 0 fully saturated rings. The Morgan fingerprint density at radius 1 is 1.19 bits per heavy atom. The molecule has 1 aromatic heterocycles. The third-order valence-electron chi connectivity index (χ3n) is 4.13. The fraction of sp³-hybridized carbons (Fsp3) is 0.158. The third kappa shape index (κ3) is 4.51. The van der Waals surface area contributed by atoms with E-state index >= 15 is 0 Å². The molecule has 0 aliphatic carbocycles. The molecule has 0 atom stereocenters. The predicted molar refractivity (Wildman–Crippen MR) is 107 cm³/mol. The molecule has 3 N–H and O–H groups in total. The summed E-state index contributed by atoms with van der Waals surface area (Å²) in [4.78, 5) is 19.0. The van der Waals surface area contributed by atoms with Gasteiger partial charge in [-0.25, -0.2) is 4.98 Å². The van der Waals surface area contributed by atoms with Crippen molar-refractivity contribution in [3.63, 3.8) is 0 Å². The number of rotatable bonds is 6. The van der Waals surface area contributed by atoms with Gasteiger partial charge in [0, 0.05) is 35.3 Å². The van der Waals surface area contributed by atoms with E-state index in [1.807, 2.05) is 37.3 Å². The molecule has 0 aliphatic rings. The second-order valence-corrected chi connectivity index (χ2v) is 6.42. The minimum atomic E-state index is -0.401. The maximum atomic E-state index is 10.9. The van der Waals surface area contributed by atoms with Crippen LogP contribution in [-0.2, 0) is 6.42 Å². The van der Waals surface area contributed by atoms with E-state index in [0.29, 0.717) is 29.5 Å². The first-order chi connectivity index (χ1) is 12.9. The molecule has 138 valence electrons. The number of nitro groups is 1. The van der Waals surface area contributed by atoms with Crippen LogP contribution in [0.3, 0.4) is 0 Å². The highest BCUT2D eigenvalue weighted by molar-refractivity contribution is 6.31. The van der Waals surface area contributed by atoms with E-state index in [1.165, 1.54) is 6.07 Å². The highest BCUT2D eigenvalue weighted by Crippen LogP contribution is 2.28. The van der Waals surface area contributed by atoms with Gasteiger partial charge in [0.15, 0.2) is 0 Å². The van der Waals surface area contributed by atoms with Gasteiger partial charge in [-0.05, 0) is 30.5 Å². The normalized spacial score (nSPS) is 10.6. The summed E-state index contributed by atoms with van der Waals surface area (Å²) < 4.78 is 0. The van der Waals surface area contributed by atoms with E-state index in [4.69, 9.17) is 17.3 Å². The molecule has 0 saturated heterocycles. The van der Waals surface area contributed by atoms with Gasteiger partial charge in [0.05, 0.1) is 10.6 Å². The Morgan fingerprint density at radius 3 is 2.74 bits per heavy atom. The number of halogens is 1. The number of nitrogens with two attached hydrogens (primary N) is 1. The van der Waals surface area contributed by atoms with Crippen LogP contribution in [0.25, 0.3) is 11.3 Å². The van der Waals surface area contributed by atoms with E-state index in [2.05, 4.69) is 15.3 Å². The van der Waals surface area contributed by atoms with Crippen LogP contribution in [0, 0.1) is 17.0 Å². The van der Waals surface area contributed by atoms with Crippen LogP contribution in [0.2, 0.25) is 5.02 Å². The van der Waals surface area contributed by atoms with Crippen LogP contribution in [0.1, 0.15) is 11.1 Å². The number of anilines is 2. The largest absolute Gasteiger partial charge is 0.370 e. The van der Waals surface area contributed by atoms with Crippen LogP contribution < -0.4 is 11.1 Å². The van der Waals surface area contributed by atoms with Gasteiger partial charge in [-0.1, -0.05) is 35.9 Å². The zero-order valence-corrected chi connectivity index (χ0v) is 15.4. The molecule has 8 heteroatoms. The predicted octanol–water partition coefficient (Wildman–Crippen LogP) is 4.25. The molecule has 0 unspecified atom stereocenters. The second-order valence-electron chi connectivity index (χ2n) is 6.01. The van der Waals surface area contributed by atoms with E-state index in [9.17, 15) is 10.1 Å². The molecule has 27 heavy (non-hydrogen) atoms. The summed E-state index contributed by atoms with van der Waals surface area (Å²) >= 11 is 6.19. The van der Waals surface area contributed by atoms with Crippen molar-refractivity contribution in [1.82, 2.24) is 9.97 Å². The highest BCUT2D eigenvalue weighted by Gasteiger charge is 2.10. The molecule has 0 radical (unpaired) electrons. The molecule has 3 rings (SSSR count). The summed E-state index contributed by atoms with van der Waals surface area (Å²) in [7, 11) is 0. The number of nitrogen functional groups attached to an aromatic ring is 1. The number of aromatic nitrogens is 2. The molecule has 0 amide bonds. The molecular weight excluding hydrogens is 366 g/mol. The van der Waals surface area contributed by atoms with Crippen molar-refractivity contribution in [3.8, 4) is 11.3 Å². The maximum Gasteiger partial charge on any atom is 0.269 e. The second kappa shape index (κ2) is 8.01. The zero-order chi connectivity index (χ0) is 19.4. The fourth-order valence-corrected chi connectivity index (χ4v) is 2.91. The summed E-state index contributed by atoms with van der Waals surface area (Å²) in [5, 5.41) is 14.7. The van der Waals surface area contributed by atoms with E-state index in [1.54, 1.807) is 12.1 Å². The lowest BCUT2D eigenvalue weighted by molar-refractivity contribution is -0.384. The fourth-order valence-electron chi connectivity index (χ4n) is 2.74. The van der Waals surface area contributed by atoms with Crippen molar-refractivity contribution in [2.75, 3.05) is 17.6 Å². The average molecular weight is 384 g/mol. The zero-order valence-electron chi connectivity index (χ0n) is 14.6. The van der Waals surface area contributed by atoms with Gasteiger partial charge < -0.3 is 11.1 Å². The van der Waals surface area contributed by atoms with Gasteiger partial charge in [0.1, 0.15) is 5.82 Å². The molecule has 0 aliphatic heterocycles. The molecular formula is C19H18ClN5O2. The quantitative estimate of drug-likeness (QED) is 0.486. The van der Waals surface area contributed by atoms with Crippen molar-refractivity contribution in [2.45, 2.75) is 13.3 Å². The summed E-state index contributed by atoms with van der Waals surface area (Å²) in [6.07, 6.45) is 0.608. The van der Waals surface area contributed by atoms with E-state index in [-0.39, 0.29) is 11.6 Å². The van der Waals surface area contributed by atoms with Crippen molar-refractivity contribution in [3.05, 3.63) is 74.8 Å². The monoisotopic (exact) mass is 383 g/mol. The number of nitrogens with one attached hydrogen (secondary N) is 1. The Labute approximate surface area is 161 Å². The summed E-state index contributed by atoms with van der Waals surface area (Å²) in [5.41, 5.74) is 9.28. The average Bonchev–Trinajstić information content (AvgIpc) is 2.64. The Kier molecular flexibility index (Phi) is 5.52. The minimum Gasteiger partial charge on any atom is -0.370 e. The van der Waals surface area contributed by atoms with Crippen LogP contribution in [0.15, 0.2) is 48.5 Å². The van der Waals surface area contributed by atoms with Crippen LogP contribution >= 0.6 is 11.6 Å². The Hall–Kier alpha value is -3.19. The molecule has 0 bridgehead atoms. The minimum absolute atomic E-state index is 0.0810. The van der Waals surface area contributed by atoms with E-state index in [0.717, 1.165) is 16.7 Å². The lowest BCUT2D eigenvalue weighted by Crippen LogP contribution is -2.09. The maximum absolute atomic E-state index is 10.9. The van der Waals surface area contributed by atoms with Gasteiger partial charge in [0.25, 0.3) is 5.69 Å². The lowest BCUT2D eigenvalue weighted by atomic mass is 10.1. The number of benzene rings is 2. The summed E-state index contributed by atoms with van der Waals surface area (Å²) in [5.74, 6) is 0.743. The van der Waals surface area contributed by atoms with Gasteiger partial charge in [-0.2, -0.15) is 4.98 Å². The Balaban J connectivity index is 1.74. The first kappa shape index (κ1) is 18.6. The van der Waals surface area contributed by atoms with Gasteiger partial charge in [-0.3, -0.25) is 10.1 Å². The van der Waals surface area contributed by atoms with Crippen LogP contribution in [0.5, 0.6) is 0 Å². The standard InChI is InChI=1S/C19H18ClN5O2/c1-12-15(6-3-7-16(12)20)17-11-18(24-19(21)23-17)22-9-8-13-4-2-5-14(10-13)25(26)27/h2-7,10-11H,8-9H2,1H3,(H3,21,22,23,24). The van der Waals surface area contributed by atoms with Crippen LogP contribution in [-0.4, -0.2) is 21.4 Å². The van der Waals surface area contributed by atoms with Gasteiger partial charge >= 0.3 is 0 Å². The topological polar surface area (TPSA) is 107 Å². The van der Waals surface area contributed by atoms with Crippen molar-refractivity contribution in [1.29, 1.82) is 0 Å². The number of nitrogens with zero attached hydrogens (tertiary/aromatic N) is 3. The van der Waals surface area contributed by atoms with Crippen molar-refractivity contribution < 1.29 is 4.92 Å². The first-order valence-electron chi connectivity index (χ1n) is 8.31. The molecule has 0 saturated carbocycles. The first-order valence-corrected chi connectivity index (χ1v) is 8.69. The molecule has 1 heterocycles. The summed E-state index contributed by atoms with van der Waals surface area (Å²) in [6.45, 7) is 2.47. The molecule has 0 spiro atoms. The number of nitro benzene ring substituents is 1.